The van der Waals surface area contributed by atoms with Gasteiger partial charge in [-0.25, -0.2) is 5.43 Å². The van der Waals surface area contributed by atoms with Crippen LogP contribution in [0.3, 0.4) is 0 Å². The number of nitro groups is 1. The first-order valence-electron chi connectivity index (χ1n) is 8.50. The summed E-state index contributed by atoms with van der Waals surface area (Å²) in [5.41, 5.74) is 4.11. The van der Waals surface area contributed by atoms with Crippen LogP contribution in [0.5, 0.6) is 5.75 Å². The molecule has 0 saturated heterocycles. The van der Waals surface area contributed by atoms with Crippen LogP contribution in [0.15, 0.2) is 62.7 Å². The average Bonchev–Trinajstić information content (AvgIpc) is 3.08. The van der Waals surface area contributed by atoms with Crippen LogP contribution < -0.4 is 10.2 Å². The minimum atomic E-state index is -0.491. The topological polar surface area (TPSA) is 112 Å². The van der Waals surface area contributed by atoms with Crippen molar-refractivity contribution in [2.75, 3.05) is 7.11 Å². The van der Waals surface area contributed by atoms with Gasteiger partial charge in [-0.2, -0.15) is 10.2 Å². The van der Waals surface area contributed by atoms with Gasteiger partial charge in [0, 0.05) is 28.4 Å². The Morgan fingerprint density at radius 1 is 1.30 bits per heavy atom. The van der Waals surface area contributed by atoms with Crippen molar-refractivity contribution < 1.29 is 14.5 Å². The van der Waals surface area contributed by atoms with E-state index in [9.17, 15) is 14.9 Å². The number of hydrazone groups is 1. The summed E-state index contributed by atoms with van der Waals surface area (Å²) < 4.78 is 8.16. The maximum atomic E-state index is 12.4. The van der Waals surface area contributed by atoms with Gasteiger partial charge in [-0.1, -0.05) is 28.1 Å². The molecular weight excluding hydrogens is 522 g/mol. The van der Waals surface area contributed by atoms with Gasteiger partial charge in [0.1, 0.15) is 5.75 Å². The number of halogens is 2. The van der Waals surface area contributed by atoms with Crippen LogP contribution in [-0.4, -0.2) is 33.9 Å². The molecule has 0 aliphatic heterocycles. The summed E-state index contributed by atoms with van der Waals surface area (Å²) in [5.74, 6) is 0.124. The van der Waals surface area contributed by atoms with Gasteiger partial charge in [0.2, 0.25) is 0 Å². The highest BCUT2D eigenvalue weighted by Crippen LogP contribution is 2.21. The normalized spacial score (nSPS) is 10.9. The molecule has 11 heteroatoms. The molecule has 3 rings (SSSR count). The van der Waals surface area contributed by atoms with Crippen LogP contribution in [0, 0.1) is 10.1 Å². The number of amides is 1. The molecule has 0 fully saturated rings. The number of non-ortho nitro benzene ring substituents is 1. The van der Waals surface area contributed by atoms with E-state index in [1.54, 1.807) is 36.2 Å². The molecule has 2 aromatic carbocycles. The summed E-state index contributed by atoms with van der Waals surface area (Å²) in [6.45, 7) is 0.350. The highest BCUT2D eigenvalue weighted by Gasteiger charge is 2.15. The third kappa shape index (κ3) is 5.30. The summed E-state index contributed by atoms with van der Waals surface area (Å²) in [7, 11) is 1.55. The van der Waals surface area contributed by atoms with E-state index in [0.717, 1.165) is 10.0 Å². The number of ether oxygens (including phenoxy) is 1. The SMILES string of the molecule is COc1ccc(Br)cc1/C=N/NC(=O)c1nn(Cc2ccc([N+](=O)[O-])cc2)cc1Br. The third-order valence-corrected chi connectivity index (χ3v) is 5.06. The Bertz CT molecular complexity index is 1110. The molecule has 1 amide bonds. The Kier molecular flexibility index (Phi) is 6.95. The molecule has 9 nitrogen and oxygen atoms in total. The molecule has 1 aromatic heterocycles. The second kappa shape index (κ2) is 9.63. The predicted octanol–water partition coefficient (Wildman–Crippen LogP) is 4.14. The van der Waals surface area contributed by atoms with Gasteiger partial charge in [0.15, 0.2) is 5.69 Å². The monoisotopic (exact) mass is 535 g/mol. The maximum Gasteiger partial charge on any atom is 0.293 e. The lowest BCUT2D eigenvalue weighted by molar-refractivity contribution is -0.384. The Morgan fingerprint density at radius 2 is 2.03 bits per heavy atom. The number of nitrogens with zero attached hydrogens (tertiary/aromatic N) is 4. The van der Waals surface area contributed by atoms with Crippen molar-refractivity contribution in [2.45, 2.75) is 6.54 Å². The van der Waals surface area contributed by atoms with Gasteiger partial charge in [-0.05, 0) is 39.7 Å². The van der Waals surface area contributed by atoms with E-state index >= 15 is 0 Å². The molecule has 3 aromatic rings. The number of carbonyl (C=O) groups is 1. The van der Waals surface area contributed by atoms with Crippen LogP contribution in [0.25, 0.3) is 0 Å². The number of carbonyl (C=O) groups excluding carboxylic acids is 1. The van der Waals surface area contributed by atoms with Crippen LogP contribution >= 0.6 is 31.9 Å². The molecular formula is C19H15Br2N5O4. The van der Waals surface area contributed by atoms with Crippen LogP contribution in [0.1, 0.15) is 21.6 Å². The Hall–Kier alpha value is -3.05. The van der Waals surface area contributed by atoms with Crippen LogP contribution in [0.4, 0.5) is 5.69 Å². The van der Waals surface area contributed by atoms with Crippen molar-refractivity contribution in [3.8, 4) is 5.75 Å². The second-order valence-electron chi connectivity index (χ2n) is 6.03. The zero-order valence-electron chi connectivity index (χ0n) is 15.6. The number of benzene rings is 2. The summed E-state index contributed by atoms with van der Waals surface area (Å²) in [6.07, 6.45) is 3.13. The number of rotatable bonds is 7. The molecule has 0 aliphatic rings. The lowest BCUT2D eigenvalue weighted by Gasteiger charge is -2.04. The number of methoxy groups -OCH3 is 1. The predicted molar refractivity (Wildman–Crippen MR) is 118 cm³/mol. The number of hydrogen-bond acceptors (Lipinski definition) is 6. The minimum absolute atomic E-state index is 0.0143. The number of nitrogens with one attached hydrogen (secondary N) is 1. The quantitative estimate of drug-likeness (QED) is 0.277. The van der Waals surface area contributed by atoms with Gasteiger partial charge >= 0.3 is 0 Å². The molecule has 1 N–H and O–H groups in total. The highest BCUT2D eigenvalue weighted by molar-refractivity contribution is 9.10. The second-order valence-corrected chi connectivity index (χ2v) is 7.80. The van der Waals surface area contributed by atoms with Gasteiger partial charge in [0.05, 0.1) is 29.3 Å². The van der Waals surface area contributed by atoms with E-state index in [1.165, 1.54) is 18.3 Å². The largest absolute Gasteiger partial charge is 0.496 e. The lowest BCUT2D eigenvalue weighted by atomic mass is 10.2. The standard InChI is InChI=1S/C19H15Br2N5O4/c1-30-17-7-4-14(20)8-13(17)9-22-23-19(27)18-16(21)11-25(24-18)10-12-2-5-15(6-3-12)26(28)29/h2-9,11H,10H2,1H3,(H,23,27)/b22-9+. The van der Waals surface area contributed by atoms with E-state index in [4.69, 9.17) is 4.74 Å². The van der Waals surface area contributed by atoms with Crippen molar-refractivity contribution in [1.82, 2.24) is 15.2 Å². The maximum absolute atomic E-state index is 12.4. The van der Waals surface area contributed by atoms with Crippen molar-refractivity contribution in [2.24, 2.45) is 5.10 Å². The molecule has 0 unspecified atom stereocenters. The highest BCUT2D eigenvalue weighted by atomic mass is 79.9. The molecule has 30 heavy (non-hydrogen) atoms. The molecule has 0 aliphatic carbocycles. The first kappa shape index (κ1) is 21.7. The number of aromatic nitrogens is 2. The third-order valence-electron chi connectivity index (χ3n) is 3.99. The Balaban J connectivity index is 1.68. The molecule has 0 saturated carbocycles. The van der Waals surface area contributed by atoms with Crippen LogP contribution in [-0.2, 0) is 6.54 Å². The summed E-state index contributed by atoms with van der Waals surface area (Å²) in [6, 6.07) is 11.6. The van der Waals surface area contributed by atoms with Crippen molar-refractivity contribution in [3.63, 3.8) is 0 Å². The molecule has 0 spiro atoms. The minimum Gasteiger partial charge on any atom is -0.496 e. The zero-order chi connectivity index (χ0) is 21.7. The number of nitro benzene ring substituents is 1. The fourth-order valence-corrected chi connectivity index (χ4v) is 3.44. The van der Waals surface area contributed by atoms with Crippen molar-refractivity contribution >= 4 is 49.7 Å². The van der Waals surface area contributed by atoms with Gasteiger partial charge in [-0.3, -0.25) is 19.6 Å². The van der Waals surface area contributed by atoms with Crippen LogP contribution in [0.2, 0.25) is 0 Å². The van der Waals surface area contributed by atoms with E-state index in [0.29, 0.717) is 22.3 Å². The fourth-order valence-electron chi connectivity index (χ4n) is 2.56. The van der Waals surface area contributed by atoms with Gasteiger partial charge in [-0.15, -0.1) is 0 Å². The first-order valence-corrected chi connectivity index (χ1v) is 10.1. The van der Waals surface area contributed by atoms with Crippen molar-refractivity contribution in [1.29, 1.82) is 0 Å². The average molecular weight is 537 g/mol. The van der Waals surface area contributed by atoms with E-state index < -0.39 is 10.8 Å². The Morgan fingerprint density at radius 3 is 2.70 bits per heavy atom. The first-order chi connectivity index (χ1) is 14.4. The fraction of sp³-hybridized carbons (Fsp3) is 0.105. The molecule has 154 valence electrons. The van der Waals surface area contributed by atoms with Crippen molar-refractivity contribution in [3.05, 3.63) is 84.5 Å². The van der Waals surface area contributed by atoms with E-state index in [2.05, 4.69) is 47.5 Å². The summed E-state index contributed by atoms with van der Waals surface area (Å²) in [4.78, 5) is 22.7. The number of hydrogen-bond donors (Lipinski definition) is 1. The van der Waals surface area contributed by atoms with E-state index in [1.807, 2.05) is 12.1 Å². The molecule has 0 radical (unpaired) electrons. The smallest absolute Gasteiger partial charge is 0.293 e. The summed E-state index contributed by atoms with van der Waals surface area (Å²) >= 11 is 6.70. The summed E-state index contributed by atoms with van der Waals surface area (Å²) in [5, 5.41) is 19.0. The molecule has 1 heterocycles. The molecule has 0 bridgehead atoms. The van der Waals surface area contributed by atoms with Gasteiger partial charge < -0.3 is 4.74 Å². The van der Waals surface area contributed by atoms with Gasteiger partial charge in [0.25, 0.3) is 11.6 Å². The zero-order valence-corrected chi connectivity index (χ0v) is 18.8. The Labute approximate surface area is 188 Å². The molecule has 0 atom stereocenters. The van der Waals surface area contributed by atoms with E-state index in [-0.39, 0.29) is 11.4 Å². The lowest BCUT2D eigenvalue weighted by Crippen LogP contribution is -2.19.